The van der Waals surface area contributed by atoms with Crippen LogP contribution in [0.4, 0.5) is 0 Å². The van der Waals surface area contributed by atoms with E-state index < -0.39 is 0 Å². The molecule has 0 amide bonds. The molecule has 1 rings (SSSR count). The fraction of sp³-hybridized carbons (Fsp3) is 0.923. The van der Waals surface area contributed by atoms with E-state index in [0.717, 1.165) is 19.5 Å². The number of hydrogen-bond acceptors (Lipinski definition) is 3. The summed E-state index contributed by atoms with van der Waals surface area (Å²) in [6, 6.07) is 3.03. The van der Waals surface area contributed by atoms with E-state index in [9.17, 15) is 5.26 Å². The second-order valence-electron chi connectivity index (χ2n) is 5.17. The van der Waals surface area contributed by atoms with Crippen molar-refractivity contribution in [3.63, 3.8) is 0 Å². The molecule has 1 fully saturated rings. The lowest BCUT2D eigenvalue weighted by atomic mass is 9.94. The van der Waals surface area contributed by atoms with Crippen LogP contribution in [0.2, 0.25) is 0 Å². The molecule has 0 aromatic heterocycles. The van der Waals surface area contributed by atoms with E-state index in [0.29, 0.717) is 12.0 Å². The van der Waals surface area contributed by atoms with Crippen LogP contribution in [0.25, 0.3) is 0 Å². The van der Waals surface area contributed by atoms with Gasteiger partial charge in [0.25, 0.3) is 0 Å². The molecule has 0 aromatic carbocycles. The average Bonchev–Trinajstić information content (AvgIpc) is 3.08. The summed E-state index contributed by atoms with van der Waals surface area (Å²) in [4.78, 5) is 2.41. The van der Waals surface area contributed by atoms with E-state index in [1.165, 1.54) is 12.8 Å². The Hall–Kier alpha value is -0.590. The van der Waals surface area contributed by atoms with Crippen LogP contribution in [0.3, 0.4) is 0 Å². The van der Waals surface area contributed by atoms with Crippen LogP contribution >= 0.6 is 0 Å². The Morgan fingerprint density at radius 2 is 2.12 bits per heavy atom. The molecule has 92 valence electrons. The predicted molar refractivity (Wildman–Crippen MR) is 67.1 cm³/mol. The maximum absolute atomic E-state index is 9.45. The van der Waals surface area contributed by atoms with E-state index >= 15 is 0 Å². The van der Waals surface area contributed by atoms with Crippen molar-refractivity contribution in [1.82, 2.24) is 10.2 Å². The lowest BCUT2D eigenvalue weighted by molar-refractivity contribution is 0.166. The third kappa shape index (κ3) is 2.96. The number of nitriles is 1. The molecule has 1 aliphatic rings. The molecular weight excluding hydrogens is 198 g/mol. The summed E-state index contributed by atoms with van der Waals surface area (Å²) in [6.07, 6.45) is 3.55. The molecule has 1 saturated carbocycles. The van der Waals surface area contributed by atoms with Crippen molar-refractivity contribution in [2.24, 2.45) is 5.92 Å². The Kier molecular flexibility index (Phi) is 4.76. The van der Waals surface area contributed by atoms with Crippen LogP contribution in [0.15, 0.2) is 0 Å². The molecular formula is C13H25N3. The summed E-state index contributed by atoms with van der Waals surface area (Å²) < 4.78 is 0. The lowest BCUT2D eigenvalue weighted by Gasteiger charge is -2.35. The van der Waals surface area contributed by atoms with Gasteiger partial charge in [0.1, 0.15) is 5.54 Å². The number of likely N-dealkylation sites (N-methyl/N-ethyl adjacent to an activating group) is 1. The largest absolute Gasteiger partial charge is 0.301 e. The molecule has 0 radical (unpaired) electrons. The van der Waals surface area contributed by atoms with Gasteiger partial charge in [-0.15, -0.1) is 0 Å². The Bertz CT molecular complexity index is 252. The van der Waals surface area contributed by atoms with E-state index in [1.54, 1.807) is 0 Å². The highest BCUT2D eigenvalue weighted by atomic mass is 15.2. The first-order valence-corrected chi connectivity index (χ1v) is 6.43. The maximum Gasteiger partial charge on any atom is 0.122 e. The SMILES string of the molecule is CCCN(CC(C#N)(NC)C1CC1)C(C)C. The number of hydrogen-bond donors (Lipinski definition) is 1. The quantitative estimate of drug-likeness (QED) is 0.717. The van der Waals surface area contributed by atoms with Gasteiger partial charge in [-0.1, -0.05) is 6.92 Å². The molecule has 0 heterocycles. The molecule has 0 aromatic rings. The van der Waals surface area contributed by atoms with Gasteiger partial charge in [0, 0.05) is 12.6 Å². The van der Waals surface area contributed by atoms with Gasteiger partial charge in [-0.3, -0.25) is 4.90 Å². The van der Waals surface area contributed by atoms with Gasteiger partial charge in [0.05, 0.1) is 6.07 Å². The highest BCUT2D eigenvalue weighted by Crippen LogP contribution is 2.39. The summed E-state index contributed by atoms with van der Waals surface area (Å²) in [5.74, 6) is 0.556. The van der Waals surface area contributed by atoms with Crippen molar-refractivity contribution in [2.45, 2.75) is 51.6 Å². The first kappa shape index (κ1) is 13.5. The molecule has 0 aliphatic heterocycles. The van der Waals surface area contributed by atoms with Gasteiger partial charge in [-0.2, -0.15) is 5.26 Å². The maximum atomic E-state index is 9.45. The summed E-state index contributed by atoms with van der Waals surface area (Å²) >= 11 is 0. The van der Waals surface area contributed by atoms with Crippen molar-refractivity contribution in [3.8, 4) is 6.07 Å². The van der Waals surface area contributed by atoms with Crippen LogP contribution < -0.4 is 5.32 Å². The topological polar surface area (TPSA) is 39.1 Å². The number of nitrogens with zero attached hydrogens (tertiary/aromatic N) is 2. The first-order chi connectivity index (χ1) is 7.59. The summed E-state index contributed by atoms with van der Waals surface area (Å²) in [6.45, 7) is 8.55. The number of rotatable bonds is 7. The second-order valence-corrected chi connectivity index (χ2v) is 5.17. The van der Waals surface area contributed by atoms with Crippen LogP contribution in [0, 0.1) is 17.2 Å². The minimum atomic E-state index is -0.320. The zero-order valence-corrected chi connectivity index (χ0v) is 11.1. The molecule has 0 bridgehead atoms. The monoisotopic (exact) mass is 223 g/mol. The van der Waals surface area contributed by atoms with Crippen LogP contribution in [-0.4, -0.2) is 36.6 Å². The zero-order valence-electron chi connectivity index (χ0n) is 11.1. The fourth-order valence-corrected chi connectivity index (χ4v) is 2.30. The van der Waals surface area contributed by atoms with Crippen molar-refractivity contribution in [3.05, 3.63) is 0 Å². The van der Waals surface area contributed by atoms with Gasteiger partial charge in [-0.05, 0) is 52.6 Å². The third-order valence-electron chi connectivity index (χ3n) is 3.61. The Morgan fingerprint density at radius 3 is 2.44 bits per heavy atom. The van der Waals surface area contributed by atoms with Gasteiger partial charge in [0.15, 0.2) is 0 Å². The van der Waals surface area contributed by atoms with Crippen molar-refractivity contribution in [2.75, 3.05) is 20.1 Å². The standard InChI is InChI=1S/C13H25N3/c1-5-8-16(11(2)3)10-13(9-14,15-4)12-6-7-12/h11-12,15H,5-8,10H2,1-4H3. The molecule has 3 nitrogen and oxygen atoms in total. The second kappa shape index (κ2) is 5.65. The number of nitrogens with one attached hydrogen (secondary N) is 1. The van der Waals surface area contributed by atoms with Crippen molar-refractivity contribution >= 4 is 0 Å². The van der Waals surface area contributed by atoms with Crippen LogP contribution in [0.5, 0.6) is 0 Å². The molecule has 16 heavy (non-hydrogen) atoms. The molecule has 3 heteroatoms. The van der Waals surface area contributed by atoms with Gasteiger partial charge in [-0.25, -0.2) is 0 Å². The highest BCUT2D eigenvalue weighted by Gasteiger charge is 2.45. The van der Waals surface area contributed by atoms with Crippen molar-refractivity contribution < 1.29 is 0 Å². The smallest absolute Gasteiger partial charge is 0.122 e. The van der Waals surface area contributed by atoms with Crippen LogP contribution in [0.1, 0.15) is 40.0 Å². The van der Waals surface area contributed by atoms with Gasteiger partial charge in [0.2, 0.25) is 0 Å². The molecule has 0 saturated heterocycles. The fourth-order valence-electron chi connectivity index (χ4n) is 2.30. The molecule has 0 spiro atoms. The Labute approximate surface area is 99.8 Å². The molecule has 1 aliphatic carbocycles. The summed E-state index contributed by atoms with van der Waals surface area (Å²) in [5.41, 5.74) is -0.320. The minimum absolute atomic E-state index is 0.320. The van der Waals surface area contributed by atoms with E-state index in [-0.39, 0.29) is 5.54 Å². The van der Waals surface area contributed by atoms with Crippen molar-refractivity contribution in [1.29, 1.82) is 5.26 Å². The highest BCUT2D eigenvalue weighted by molar-refractivity contribution is 5.16. The summed E-state index contributed by atoms with van der Waals surface area (Å²) in [7, 11) is 1.92. The molecule has 1 unspecified atom stereocenters. The lowest BCUT2D eigenvalue weighted by Crippen LogP contribution is -2.54. The van der Waals surface area contributed by atoms with E-state index in [2.05, 4.69) is 37.1 Å². The predicted octanol–water partition coefficient (Wildman–Crippen LogP) is 2.00. The molecule has 1 atom stereocenters. The Balaban J connectivity index is 2.69. The Morgan fingerprint density at radius 1 is 1.50 bits per heavy atom. The molecule has 1 N–H and O–H groups in total. The summed E-state index contributed by atoms with van der Waals surface area (Å²) in [5, 5.41) is 12.7. The third-order valence-corrected chi connectivity index (χ3v) is 3.61. The minimum Gasteiger partial charge on any atom is -0.301 e. The van der Waals surface area contributed by atoms with Gasteiger partial charge < -0.3 is 5.32 Å². The van der Waals surface area contributed by atoms with Crippen LogP contribution in [-0.2, 0) is 0 Å². The van der Waals surface area contributed by atoms with E-state index in [1.807, 2.05) is 7.05 Å². The van der Waals surface area contributed by atoms with E-state index in [4.69, 9.17) is 0 Å². The first-order valence-electron chi connectivity index (χ1n) is 6.43. The average molecular weight is 223 g/mol. The van der Waals surface area contributed by atoms with Gasteiger partial charge >= 0.3 is 0 Å². The zero-order chi connectivity index (χ0) is 12.2. The normalized spacial score (nSPS) is 19.8.